The molecule has 0 bridgehead atoms. The first-order valence-corrected chi connectivity index (χ1v) is 9.74. The molecule has 0 fully saturated rings. The molecule has 5 aromatic rings. The highest BCUT2D eigenvalue weighted by molar-refractivity contribution is 5.93. The lowest BCUT2D eigenvalue weighted by molar-refractivity contribution is -0.116. The van der Waals surface area contributed by atoms with Crippen LogP contribution in [0.1, 0.15) is 12.3 Å². The summed E-state index contributed by atoms with van der Waals surface area (Å²) in [5.74, 6) is 0.479. The Bertz CT molecular complexity index is 1450. The van der Waals surface area contributed by atoms with Crippen LogP contribution in [-0.4, -0.2) is 40.8 Å². The molecular formula is C21H16N8O3. The van der Waals surface area contributed by atoms with E-state index in [9.17, 15) is 9.59 Å². The van der Waals surface area contributed by atoms with E-state index >= 15 is 0 Å². The van der Waals surface area contributed by atoms with Gasteiger partial charge in [-0.15, -0.1) is 0 Å². The quantitative estimate of drug-likeness (QED) is 0.418. The number of benzene rings is 1. The molecule has 32 heavy (non-hydrogen) atoms. The first-order valence-electron chi connectivity index (χ1n) is 9.74. The van der Waals surface area contributed by atoms with Crippen LogP contribution in [0.2, 0.25) is 0 Å². The van der Waals surface area contributed by atoms with Crippen molar-refractivity contribution in [3.05, 3.63) is 77.4 Å². The van der Waals surface area contributed by atoms with Gasteiger partial charge in [0.05, 0.1) is 23.9 Å². The van der Waals surface area contributed by atoms with Gasteiger partial charge < -0.3 is 14.8 Å². The summed E-state index contributed by atoms with van der Waals surface area (Å²) in [6.07, 6.45) is 4.80. The highest BCUT2D eigenvalue weighted by atomic mass is 16.5. The van der Waals surface area contributed by atoms with Crippen LogP contribution in [0, 0.1) is 0 Å². The molecule has 1 aromatic carbocycles. The Kier molecular flexibility index (Phi) is 4.96. The highest BCUT2D eigenvalue weighted by Gasteiger charge is 2.15. The molecule has 0 unspecified atom stereocenters. The molecule has 0 saturated heterocycles. The number of hydrogen-bond donors (Lipinski definition) is 2. The number of para-hydroxylation sites is 2. The average Bonchev–Trinajstić information content (AvgIpc) is 3.47. The van der Waals surface area contributed by atoms with Gasteiger partial charge in [-0.3, -0.25) is 14.6 Å². The van der Waals surface area contributed by atoms with Crippen LogP contribution in [0.25, 0.3) is 28.2 Å². The fourth-order valence-electron chi connectivity index (χ4n) is 3.19. The van der Waals surface area contributed by atoms with Crippen molar-refractivity contribution >= 4 is 22.6 Å². The lowest BCUT2D eigenvalue weighted by Gasteiger charge is -2.11. The van der Waals surface area contributed by atoms with Gasteiger partial charge in [0, 0.05) is 19.0 Å². The molecule has 11 heteroatoms. The van der Waals surface area contributed by atoms with Gasteiger partial charge >= 0.3 is 0 Å². The van der Waals surface area contributed by atoms with Crippen LogP contribution in [-0.2, 0) is 11.2 Å². The van der Waals surface area contributed by atoms with Gasteiger partial charge in [0.15, 0.2) is 5.65 Å². The number of aromatic amines is 1. The zero-order valence-electron chi connectivity index (χ0n) is 16.6. The number of anilines is 1. The number of amides is 1. The Hall–Kier alpha value is -4.67. The van der Waals surface area contributed by atoms with Crippen molar-refractivity contribution in [1.29, 1.82) is 0 Å². The van der Waals surface area contributed by atoms with Crippen molar-refractivity contribution in [1.82, 2.24) is 34.9 Å². The first-order chi connectivity index (χ1) is 15.7. The zero-order valence-corrected chi connectivity index (χ0v) is 16.6. The molecule has 2 N–H and O–H groups in total. The molecule has 0 spiro atoms. The summed E-state index contributed by atoms with van der Waals surface area (Å²) in [5.41, 5.74) is 1.82. The fourth-order valence-corrected chi connectivity index (χ4v) is 3.19. The van der Waals surface area contributed by atoms with Crippen molar-refractivity contribution in [2.45, 2.75) is 12.8 Å². The van der Waals surface area contributed by atoms with E-state index in [1.165, 1.54) is 17.2 Å². The molecular weight excluding hydrogens is 412 g/mol. The maximum atomic E-state index is 12.6. The molecule has 1 amide bonds. The lowest BCUT2D eigenvalue weighted by atomic mass is 10.2. The standard InChI is InChI=1S/C21H16N8O3/c30-17(8-9-18-27-19(28-32-18)15-6-3-4-10-22-15)26-14-5-1-2-7-16(14)29-20-13(11-25-29)21(31)24-12-23-20/h1-7,10-12H,8-9H2,(H,26,30)(H,23,24,31). The number of nitrogens with zero attached hydrogens (tertiary/aromatic N) is 6. The first kappa shape index (κ1) is 19.3. The summed E-state index contributed by atoms with van der Waals surface area (Å²) in [6.45, 7) is 0. The number of pyridine rings is 1. The fraction of sp³-hybridized carbons (Fsp3) is 0.0952. The number of carbonyl (C=O) groups excluding carboxylic acids is 1. The number of H-pyrrole nitrogens is 1. The summed E-state index contributed by atoms with van der Waals surface area (Å²) in [7, 11) is 0. The van der Waals surface area contributed by atoms with Gasteiger partial charge in [-0.2, -0.15) is 10.1 Å². The highest BCUT2D eigenvalue weighted by Crippen LogP contribution is 2.22. The van der Waals surface area contributed by atoms with Crippen LogP contribution in [0.4, 0.5) is 5.69 Å². The predicted molar refractivity (Wildman–Crippen MR) is 114 cm³/mol. The smallest absolute Gasteiger partial charge is 0.261 e. The topological polar surface area (TPSA) is 144 Å². The van der Waals surface area contributed by atoms with Gasteiger partial charge in [-0.05, 0) is 24.3 Å². The Morgan fingerprint density at radius 2 is 2.00 bits per heavy atom. The van der Waals surface area contributed by atoms with Crippen molar-refractivity contribution in [2.24, 2.45) is 0 Å². The molecule has 0 aliphatic carbocycles. The van der Waals surface area contributed by atoms with Crippen LogP contribution in [0.3, 0.4) is 0 Å². The molecule has 158 valence electrons. The van der Waals surface area contributed by atoms with E-state index in [0.29, 0.717) is 39.8 Å². The van der Waals surface area contributed by atoms with Gasteiger partial charge in [0.1, 0.15) is 11.1 Å². The number of hydrogen-bond acceptors (Lipinski definition) is 8. The summed E-state index contributed by atoms with van der Waals surface area (Å²) < 4.78 is 6.74. The van der Waals surface area contributed by atoms with E-state index in [-0.39, 0.29) is 24.3 Å². The van der Waals surface area contributed by atoms with Crippen LogP contribution >= 0.6 is 0 Å². The zero-order chi connectivity index (χ0) is 21.9. The van der Waals surface area contributed by atoms with Gasteiger partial charge in [-0.1, -0.05) is 23.4 Å². The summed E-state index contributed by atoms with van der Waals surface area (Å²) >= 11 is 0. The van der Waals surface area contributed by atoms with Crippen LogP contribution in [0.15, 0.2) is 70.5 Å². The third kappa shape index (κ3) is 3.74. The number of aromatic nitrogens is 7. The normalized spacial score (nSPS) is 11.0. The number of nitrogens with one attached hydrogen (secondary N) is 2. The number of carbonyl (C=O) groups is 1. The molecule has 5 rings (SSSR count). The maximum Gasteiger partial charge on any atom is 0.261 e. The molecule has 0 radical (unpaired) electrons. The Morgan fingerprint density at radius 1 is 1.12 bits per heavy atom. The predicted octanol–water partition coefficient (Wildman–Crippen LogP) is 2.13. The Labute approximate surface area is 180 Å². The summed E-state index contributed by atoms with van der Waals surface area (Å²) in [4.78, 5) is 39.7. The molecule has 0 aliphatic rings. The molecule has 4 heterocycles. The Balaban J connectivity index is 1.31. The molecule has 0 saturated carbocycles. The number of aryl methyl sites for hydroxylation is 1. The second-order valence-corrected chi connectivity index (χ2v) is 6.82. The van der Waals surface area contributed by atoms with Crippen LogP contribution in [0.5, 0.6) is 0 Å². The van der Waals surface area contributed by atoms with Gasteiger partial charge in [0.2, 0.25) is 17.6 Å². The van der Waals surface area contributed by atoms with E-state index in [1.807, 2.05) is 12.1 Å². The minimum atomic E-state index is -0.285. The largest absolute Gasteiger partial charge is 0.339 e. The SMILES string of the molecule is O=C(CCc1nc(-c2ccccn2)no1)Nc1ccccc1-n1ncc2c(=O)[nH]cnc21. The van der Waals surface area contributed by atoms with E-state index in [2.05, 4.69) is 35.5 Å². The van der Waals surface area contributed by atoms with Gasteiger partial charge in [0.25, 0.3) is 5.56 Å². The maximum absolute atomic E-state index is 12.6. The lowest BCUT2D eigenvalue weighted by Crippen LogP contribution is -2.15. The van der Waals surface area contributed by atoms with E-state index < -0.39 is 0 Å². The summed E-state index contributed by atoms with van der Waals surface area (Å²) in [6, 6.07) is 12.5. The molecule has 0 aliphatic heterocycles. The number of fused-ring (bicyclic) bond motifs is 1. The molecule has 4 aromatic heterocycles. The monoisotopic (exact) mass is 428 g/mol. The average molecular weight is 428 g/mol. The molecule has 0 atom stereocenters. The summed E-state index contributed by atoms with van der Waals surface area (Å²) in [5, 5.41) is 11.4. The second kappa shape index (κ2) is 8.22. The Morgan fingerprint density at radius 3 is 2.88 bits per heavy atom. The van der Waals surface area contributed by atoms with Gasteiger partial charge in [-0.25, -0.2) is 9.67 Å². The van der Waals surface area contributed by atoms with Crippen LogP contribution < -0.4 is 10.9 Å². The minimum Gasteiger partial charge on any atom is -0.339 e. The van der Waals surface area contributed by atoms with Crippen molar-refractivity contribution in [2.75, 3.05) is 5.32 Å². The minimum absolute atomic E-state index is 0.135. The van der Waals surface area contributed by atoms with E-state index in [0.717, 1.165) is 0 Å². The van der Waals surface area contributed by atoms with E-state index in [4.69, 9.17) is 4.52 Å². The van der Waals surface area contributed by atoms with Crippen molar-refractivity contribution in [3.8, 4) is 17.2 Å². The third-order valence-electron chi connectivity index (χ3n) is 4.71. The van der Waals surface area contributed by atoms with Crippen molar-refractivity contribution < 1.29 is 9.32 Å². The number of rotatable bonds is 6. The van der Waals surface area contributed by atoms with E-state index in [1.54, 1.807) is 36.5 Å². The molecule has 11 nitrogen and oxygen atoms in total. The van der Waals surface area contributed by atoms with Crippen molar-refractivity contribution in [3.63, 3.8) is 0 Å². The third-order valence-corrected chi connectivity index (χ3v) is 4.71. The second-order valence-electron chi connectivity index (χ2n) is 6.82.